The molecule has 98 valence electrons. The number of benzene rings is 1. The Morgan fingerprint density at radius 3 is 2.61 bits per heavy atom. The number of carbonyl (C=O) groups is 1. The fraction of sp³-hybridized carbons (Fsp3) is 0.500. The van der Waals surface area contributed by atoms with Crippen LogP contribution < -0.4 is 0 Å². The van der Waals surface area contributed by atoms with E-state index in [9.17, 15) is 18.7 Å². The fourth-order valence-electron chi connectivity index (χ4n) is 2.79. The lowest BCUT2D eigenvalue weighted by molar-refractivity contribution is -0.143. The van der Waals surface area contributed by atoms with Crippen molar-refractivity contribution in [1.29, 1.82) is 0 Å². The Hall–Kier alpha value is -1.45. The van der Waals surface area contributed by atoms with Crippen molar-refractivity contribution in [1.82, 2.24) is 0 Å². The average molecular weight is 254 g/mol. The summed E-state index contributed by atoms with van der Waals surface area (Å²) in [6.45, 7) is 2.06. The second kappa shape index (κ2) is 5.04. The normalized spacial score (nSPS) is 28.1. The molecule has 3 atom stereocenters. The summed E-state index contributed by atoms with van der Waals surface area (Å²) in [5.41, 5.74) is 0.591. The van der Waals surface area contributed by atoms with Gasteiger partial charge < -0.3 is 5.11 Å². The maximum atomic E-state index is 13.2. The lowest BCUT2D eigenvalue weighted by Crippen LogP contribution is -2.28. The van der Waals surface area contributed by atoms with Gasteiger partial charge in [0.1, 0.15) is 0 Å². The zero-order chi connectivity index (χ0) is 13.3. The highest BCUT2D eigenvalue weighted by Crippen LogP contribution is 2.40. The molecule has 0 amide bonds. The average Bonchev–Trinajstić information content (AvgIpc) is 2.32. The first-order chi connectivity index (χ1) is 8.49. The molecule has 0 radical (unpaired) electrons. The van der Waals surface area contributed by atoms with Crippen LogP contribution in [0, 0.1) is 23.5 Å². The van der Waals surface area contributed by atoms with E-state index in [-0.39, 0.29) is 5.92 Å². The smallest absolute Gasteiger partial charge is 0.307 e. The first-order valence-electron chi connectivity index (χ1n) is 6.16. The molecule has 1 aromatic carbocycles. The van der Waals surface area contributed by atoms with Gasteiger partial charge in [0, 0.05) is 0 Å². The van der Waals surface area contributed by atoms with E-state index in [1.807, 2.05) is 0 Å². The molecule has 1 saturated carbocycles. The van der Waals surface area contributed by atoms with Crippen LogP contribution in [-0.2, 0) is 4.79 Å². The highest BCUT2D eigenvalue weighted by molar-refractivity contribution is 5.71. The number of hydrogen-bond acceptors (Lipinski definition) is 1. The molecule has 4 heteroatoms. The van der Waals surface area contributed by atoms with Gasteiger partial charge in [-0.3, -0.25) is 4.79 Å². The third-order valence-electron chi connectivity index (χ3n) is 3.80. The lowest BCUT2D eigenvalue weighted by Gasteiger charge is -2.32. The van der Waals surface area contributed by atoms with Crippen LogP contribution in [0.4, 0.5) is 8.78 Å². The van der Waals surface area contributed by atoms with E-state index < -0.39 is 23.5 Å². The first kappa shape index (κ1) is 13.0. The molecule has 3 unspecified atom stereocenters. The van der Waals surface area contributed by atoms with Crippen molar-refractivity contribution in [3.63, 3.8) is 0 Å². The van der Waals surface area contributed by atoms with Crippen molar-refractivity contribution in [2.75, 3.05) is 0 Å². The molecular weight excluding hydrogens is 238 g/mol. The number of hydrogen-bond donors (Lipinski definition) is 1. The zero-order valence-corrected chi connectivity index (χ0v) is 10.2. The van der Waals surface area contributed by atoms with Crippen molar-refractivity contribution in [2.45, 2.75) is 32.1 Å². The van der Waals surface area contributed by atoms with Gasteiger partial charge in [-0.1, -0.05) is 13.0 Å². The molecule has 0 aliphatic heterocycles. The number of carboxylic acids is 1. The molecule has 2 nitrogen and oxygen atoms in total. The molecule has 1 aliphatic carbocycles. The Balaban J connectivity index is 2.31. The van der Waals surface area contributed by atoms with E-state index in [4.69, 9.17) is 0 Å². The predicted octanol–water partition coefficient (Wildman–Crippen LogP) is 3.57. The molecule has 18 heavy (non-hydrogen) atoms. The molecule has 0 bridgehead atoms. The van der Waals surface area contributed by atoms with Gasteiger partial charge in [0.2, 0.25) is 0 Å². The maximum absolute atomic E-state index is 13.2. The molecule has 1 aliphatic rings. The summed E-state index contributed by atoms with van der Waals surface area (Å²) in [5, 5.41) is 9.21. The Labute approximate surface area is 105 Å². The lowest BCUT2D eigenvalue weighted by atomic mass is 9.71. The standard InChI is InChI=1S/C14H16F2O2/c1-8-2-4-10(14(17)18)11(6-8)9-3-5-12(15)13(16)7-9/h3,5,7-8,10-11H,2,4,6H2,1H3,(H,17,18). The number of aliphatic carboxylic acids is 1. The second-order valence-corrected chi connectivity index (χ2v) is 5.14. The molecule has 1 fully saturated rings. The van der Waals surface area contributed by atoms with E-state index in [0.717, 1.165) is 18.6 Å². The van der Waals surface area contributed by atoms with E-state index >= 15 is 0 Å². The van der Waals surface area contributed by atoms with Crippen LogP contribution in [0.1, 0.15) is 37.7 Å². The molecule has 2 rings (SSSR count). The molecule has 0 aromatic heterocycles. The summed E-state index contributed by atoms with van der Waals surface area (Å²) in [6.07, 6.45) is 2.18. The van der Waals surface area contributed by atoms with Gasteiger partial charge in [0.05, 0.1) is 5.92 Å². The molecule has 0 saturated heterocycles. The molecule has 0 heterocycles. The third kappa shape index (κ3) is 2.52. The second-order valence-electron chi connectivity index (χ2n) is 5.14. The predicted molar refractivity (Wildman–Crippen MR) is 63.2 cm³/mol. The first-order valence-corrected chi connectivity index (χ1v) is 6.16. The minimum atomic E-state index is -0.908. The van der Waals surface area contributed by atoms with Crippen molar-refractivity contribution in [3.8, 4) is 0 Å². The minimum Gasteiger partial charge on any atom is -0.481 e. The number of halogens is 2. The van der Waals surface area contributed by atoms with Crippen molar-refractivity contribution < 1.29 is 18.7 Å². The van der Waals surface area contributed by atoms with Crippen LogP contribution in [-0.4, -0.2) is 11.1 Å². The molecule has 1 N–H and O–H groups in total. The SMILES string of the molecule is CC1CCC(C(=O)O)C(c2ccc(F)c(F)c2)C1. The Kier molecular flexibility index (Phi) is 3.64. The quantitative estimate of drug-likeness (QED) is 0.876. The van der Waals surface area contributed by atoms with Gasteiger partial charge in [-0.25, -0.2) is 8.78 Å². The van der Waals surface area contributed by atoms with E-state index in [1.54, 1.807) is 0 Å². The van der Waals surface area contributed by atoms with Crippen LogP contribution in [0.2, 0.25) is 0 Å². The summed E-state index contributed by atoms with van der Waals surface area (Å²) in [5.74, 6) is -2.95. The van der Waals surface area contributed by atoms with Crippen LogP contribution in [0.3, 0.4) is 0 Å². The maximum Gasteiger partial charge on any atom is 0.307 e. The van der Waals surface area contributed by atoms with Crippen LogP contribution in [0.25, 0.3) is 0 Å². The van der Waals surface area contributed by atoms with Gasteiger partial charge in [0.25, 0.3) is 0 Å². The molecular formula is C14H16F2O2. The van der Waals surface area contributed by atoms with E-state index in [1.165, 1.54) is 6.07 Å². The third-order valence-corrected chi connectivity index (χ3v) is 3.80. The summed E-state index contributed by atoms with van der Waals surface area (Å²) in [4.78, 5) is 11.2. The van der Waals surface area contributed by atoms with Crippen molar-refractivity contribution in [3.05, 3.63) is 35.4 Å². The van der Waals surface area contributed by atoms with Gasteiger partial charge in [-0.15, -0.1) is 0 Å². The monoisotopic (exact) mass is 254 g/mol. The number of rotatable bonds is 2. The summed E-state index contributed by atoms with van der Waals surface area (Å²) in [6, 6.07) is 3.70. The van der Waals surface area contributed by atoms with Gasteiger partial charge in [0.15, 0.2) is 11.6 Å². The van der Waals surface area contributed by atoms with Gasteiger partial charge in [-0.05, 0) is 48.8 Å². The number of carboxylic acid groups (broad SMARTS) is 1. The zero-order valence-electron chi connectivity index (χ0n) is 10.2. The Bertz CT molecular complexity index is 459. The molecule has 1 aromatic rings. The fourth-order valence-corrected chi connectivity index (χ4v) is 2.79. The largest absolute Gasteiger partial charge is 0.481 e. The van der Waals surface area contributed by atoms with Crippen LogP contribution >= 0.6 is 0 Å². The van der Waals surface area contributed by atoms with Crippen molar-refractivity contribution in [2.24, 2.45) is 11.8 Å². The van der Waals surface area contributed by atoms with Crippen LogP contribution in [0.15, 0.2) is 18.2 Å². The van der Waals surface area contributed by atoms with Gasteiger partial charge in [-0.2, -0.15) is 0 Å². The highest BCUT2D eigenvalue weighted by Gasteiger charge is 2.34. The Morgan fingerprint density at radius 2 is 2.00 bits per heavy atom. The minimum absolute atomic E-state index is 0.221. The van der Waals surface area contributed by atoms with E-state index in [0.29, 0.717) is 24.3 Å². The summed E-state index contributed by atoms with van der Waals surface area (Å²) < 4.78 is 26.1. The Morgan fingerprint density at radius 1 is 1.28 bits per heavy atom. The van der Waals surface area contributed by atoms with Gasteiger partial charge >= 0.3 is 5.97 Å². The van der Waals surface area contributed by atoms with Crippen molar-refractivity contribution >= 4 is 5.97 Å². The summed E-state index contributed by atoms with van der Waals surface area (Å²) >= 11 is 0. The summed E-state index contributed by atoms with van der Waals surface area (Å²) in [7, 11) is 0. The van der Waals surface area contributed by atoms with E-state index in [2.05, 4.69) is 6.92 Å². The topological polar surface area (TPSA) is 37.3 Å². The highest BCUT2D eigenvalue weighted by atomic mass is 19.2. The molecule has 0 spiro atoms. The van der Waals surface area contributed by atoms with Crippen LogP contribution in [0.5, 0.6) is 0 Å².